The lowest BCUT2D eigenvalue weighted by atomic mass is 9.93. The van der Waals surface area contributed by atoms with Crippen LogP contribution in [0.2, 0.25) is 5.02 Å². The van der Waals surface area contributed by atoms with Crippen molar-refractivity contribution >= 4 is 17.5 Å². The highest BCUT2D eigenvalue weighted by molar-refractivity contribution is 6.31. The normalized spacial score (nSPS) is 20.4. The van der Waals surface area contributed by atoms with Gasteiger partial charge in [-0.15, -0.1) is 0 Å². The summed E-state index contributed by atoms with van der Waals surface area (Å²) < 4.78 is 0. The van der Waals surface area contributed by atoms with Crippen molar-refractivity contribution in [2.45, 2.75) is 19.5 Å². The first kappa shape index (κ1) is 16.0. The molecule has 0 aliphatic carbocycles. The van der Waals surface area contributed by atoms with Crippen molar-refractivity contribution in [3.8, 4) is 0 Å². The Morgan fingerprint density at radius 2 is 1.96 bits per heavy atom. The Kier molecular flexibility index (Phi) is 4.96. The van der Waals surface area contributed by atoms with E-state index in [1.54, 1.807) is 0 Å². The van der Waals surface area contributed by atoms with Gasteiger partial charge in [-0.3, -0.25) is 10.2 Å². The number of hydrazine groups is 1. The largest absolute Gasteiger partial charge is 0.352 e. The van der Waals surface area contributed by atoms with Crippen LogP contribution in [-0.4, -0.2) is 12.5 Å². The molecule has 2 aromatic rings. The molecule has 1 aliphatic rings. The van der Waals surface area contributed by atoms with Crippen molar-refractivity contribution in [2.24, 2.45) is 5.92 Å². The molecule has 4 nitrogen and oxygen atoms in total. The van der Waals surface area contributed by atoms with Crippen LogP contribution in [-0.2, 0) is 11.3 Å². The van der Waals surface area contributed by atoms with Crippen LogP contribution in [0.5, 0.6) is 0 Å². The van der Waals surface area contributed by atoms with Crippen molar-refractivity contribution in [3.63, 3.8) is 0 Å². The van der Waals surface area contributed by atoms with Gasteiger partial charge in [0.15, 0.2) is 0 Å². The fourth-order valence-corrected chi connectivity index (χ4v) is 2.99. The van der Waals surface area contributed by atoms with Crippen LogP contribution in [0.25, 0.3) is 0 Å². The fraction of sp³-hybridized carbons (Fsp3) is 0.278. The lowest BCUT2D eigenvalue weighted by Crippen LogP contribution is -2.34. The van der Waals surface area contributed by atoms with Gasteiger partial charge in [-0.25, -0.2) is 5.43 Å². The number of aryl methyl sites for hydroxylation is 1. The van der Waals surface area contributed by atoms with E-state index in [-0.39, 0.29) is 17.9 Å². The van der Waals surface area contributed by atoms with Crippen LogP contribution in [0.1, 0.15) is 22.7 Å². The lowest BCUT2D eigenvalue weighted by Gasteiger charge is -2.19. The zero-order chi connectivity index (χ0) is 16.2. The van der Waals surface area contributed by atoms with Crippen molar-refractivity contribution in [3.05, 3.63) is 70.2 Å². The zero-order valence-corrected chi connectivity index (χ0v) is 13.7. The van der Waals surface area contributed by atoms with E-state index in [0.717, 1.165) is 11.1 Å². The predicted octanol–water partition coefficient (Wildman–Crippen LogP) is 2.73. The second-order valence-electron chi connectivity index (χ2n) is 5.83. The second kappa shape index (κ2) is 7.13. The quantitative estimate of drug-likeness (QED) is 0.808. The molecule has 120 valence electrons. The highest BCUT2D eigenvalue weighted by Crippen LogP contribution is 2.25. The Labute approximate surface area is 141 Å². The van der Waals surface area contributed by atoms with Gasteiger partial charge >= 0.3 is 0 Å². The number of hydrogen-bond donors (Lipinski definition) is 3. The first-order valence-electron chi connectivity index (χ1n) is 7.71. The Morgan fingerprint density at radius 1 is 1.22 bits per heavy atom. The first-order valence-corrected chi connectivity index (χ1v) is 8.09. The summed E-state index contributed by atoms with van der Waals surface area (Å²) in [6.07, 6.45) is 0. The van der Waals surface area contributed by atoms with Gasteiger partial charge in [0.25, 0.3) is 0 Å². The zero-order valence-electron chi connectivity index (χ0n) is 13.0. The molecule has 23 heavy (non-hydrogen) atoms. The molecule has 0 aromatic heterocycles. The molecule has 0 spiro atoms. The molecular formula is C18H20ClN3O. The molecule has 1 aliphatic heterocycles. The molecule has 3 rings (SSSR count). The maximum Gasteiger partial charge on any atom is 0.226 e. The lowest BCUT2D eigenvalue weighted by molar-refractivity contribution is -0.125. The third kappa shape index (κ3) is 3.72. The minimum atomic E-state index is -0.153. The summed E-state index contributed by atoms with van der Waals surface area (Å²) in [6, 6.07) is 15.8. The molecule has 2 unspecified atom stereocenters. The van der Waals surface area contributed by atoms with E-state index in [2.05, 4.69) is 47.4 Å². The Bertz CT molecular complexity index is 687. The molecule has 1 heterocycles. The van der Waals surface area contributed by atoms with Gasteiger partial charge in [0.05, 0.1) is 12.0 Å². The number of amides is 1. The summed E-state index contributed by atoms with van der Waals surface area (Å²) in [4.78, 5) is 12.5. The number of benzene rings is 2. The van der Waals surface area contributed by atoms with Gasteiger partial charge < -0.3 is 5.32 Å². The van der Waals surface area contributed by atoms with Gasteiger partial charge in [0, 0.05) is 18.1 Å². The molecule has 0 radical (unpaired) electrons. The van der Waals surface area contributed by atoms with E-state index >= 15 is 0 Å². The monoisotopic (exact) mass is 329 g/mol. The number of carbonyl (C=O) groups is 1. The van der Waals surface area contributed by atoms with Gasteiger partial charge in [-0.05, 0) is 24.1 Å². The molecule has 0 saturated carbocycles. The number of halogens is 1. The molecule has 0 bridgehead atoms. The van der Waals surface area contributed by atoms with Crippen LogP contribution >= 0.6 is 11.6 Å². The van der Waals surface area contributed by atoms with Gasteiger partial charge in [0.2, 0.25) is 5.91 Å². The third-order valence-corrected chi connectivity index (χ3v) is 4.53. The van der Waals surface area contributed by atoms with Crippen LogP contribution in [0.3, 0.4) is 0 Å². The van der Waals surface area contributed by atoms with Crippen LogP contribution in [0.15, 0.2) is 48.5 Å². The van der Waals surface area contributed by atoms with Crippen LogP contribution in [0.4, 0.5) is 0 Å². The van der Waals surface area contributed by atoms with E-state index in [1.165, 1.54) is 5.56 Å². The Morgan fingerprint density at radius 3 is 2.70 bits per heavy atom. The van der Waals surface area contributed by atoms with E-state index in [9.17, 15) is 4.79 Å². The molecule has 5 heteroatoms. The molecule has 1 fully saturated rings. The molecule has 3 N–H and O–H groups in total. The predicted molar refractivity (Wildman–Crippen MR) is 91.8 cm³/mol. The third-order valence-electron chi connectivity index (χ3n) is 4.17. The molecule has 1 saturated heterocycles. The van der Waals surface area contributed by atoms with Crippen LogP contribution in [0, 0.1) is 12.8 Å². The molecule has 1 amide bonds. The number of nitrogens with one attached hydrogen (secondary N) is 3. The highest BCUT2D eigenvalue weighted by Gasteiger charge is 2.33. The Hall–Kier alpha value is -1.88. The van der Waals surface area contributed by atoms with E-state index < -0.39 is 0 Å². The highest BCUT2D eigenvalue weighted by atomic mass is 35.5. The summed E-state index contributed by atoms with van der Waals surface area (Å²) in [5.41, 5.74) is 9.53. The summed E-state index contributed by atoms with van der Waals surface area (Å²) in [6.45, 7) is 3.10. The van der Waals surface area contributed by atoms with Gasteiger partial charge in [-0.2, -0.15) is 0 Å². The topological polar surface area (TPSA) is 53.2 Å². The summed E-state index contributed by atoms with van der Waals surface area (Å²) in [5.74, 6) is -0.131. The molecule has 2 aromatic carbocycles. The van der Waals surface area contributed by atoms with Crippen molar-refractivity contribution in [2.75, 3.05) is 6.54 Å². The standard InChI is InChI=1S/C18H20ClN3O/c1-12-6-8-13(9-7-12)17-15(11-21-22-17)18(23)20-10-14-4-2-3-5-16(14)19/h2-9,15,17,21-22H,10-11H2,1H3,(H,20,23). The van der Waals surface area contributed by atoms with E-state index in [0.29, 0.717) is 18.1 Å². The number of carbonyl (C=O) groups excluding carboxylic acids is 1. The maximum atomic E-state index is 12.5. The van der Waals surface area contributed by atoms with E-state index in [1.807, 2.05) is 24.3 Å². The smallest absolute Gasteiger partial charge is 0.226 e. The summed E-state index contributed by atoms with van der Waals surface area (Å²) >= 11 is 6.13. The average Bonchev–Trinajstić information content (AvgIpc) is 3.04. The summed E-state index contributed by atoms with van der Waals surface area (Å²) in [7, 11) is 0. The number of hydrogen-bond acceptors (Lipinski definition) is 3. The minimum absolute atomic E-state index is 0.0213. The Balaban J connectivity index is 1.66. The van der Waals surface area contributed by atoms with Crippen molar-refractivity contribution in [1.29, 1.82) is 0 Å². The molecular weight excluding hydrogens is 310 g/mol. The maximum absolute atomic E-state index is 12.5. The van der Waals surface area contributed by atoms with Crippen molar-refractivity contribution < 1.29 is 4.79 Å². The minimum Gasteiger partial charge on any atom is -0.352 e. The average molecular weight is 330 g/mol. The van der Waals surface area contributed by atoms with Crippen molar-refractivity contribution in [1.82, 2.24) is 16.2 Å². The second-order valence-corrected chi connectivity index (χ2v) is 6.24. The first-order chi connectivity index (χ1) is 11.1. The van der Waals surface area contributed by atoms with Crippen LogP contribution < -0.4 is 16.2 Å². The summed E-state index contributed by atoms with van der Waals surface area (Å²) in [5, 5.41) is 3.66. The van der Waals surface area contributed by atoms with Gasteiger partial charge in [-0.1, -0.05) is 59.6 Å². The number of rotatable bonds is 4. The van der Waals surface area contributed by atoms with Gasteiger partial charge in [0.1, 0.15) is 0 Å². The SMILES string of the molecule is Cc1ccc(C2NNCC2C(=O)NCc2ccccc2Cl)cc1. The van der Waals surface area contributed by atoms with E-state index in [4.69, 9.17) is 11.6 Å². The molecule has 2 atom stereocenters. The fourth-order valence-electron chi connectivity index (χ4n) is 2.79.